The fraction of sp³-hybridized carbons (Fsp3) is 0.429. The summed E-state index contributed by atoms with van der Waals surface area (Å²) in [5, 5.41) is 12.5. The lowest BCUT2D eigenvalue weighted by molar-refractivity contribution is 0.0778. The first-order chi connectivity index (χ1) is 15.1. The van der Waals surface area contributed by atoms with Gasteiger partial charge in [-0.05, 0) is 24.3 Å². The Morgan fingerprint density at radius 1 is 0.935 bits per heavy atom. The molecule has 1 amide bonds. The summed E-state index contributed by atoms with van der Waals surface area (Å²) in [4.78, 5) is 17.5. The minimum Gasteiger partial charge on any atom is -0.493 e. The number of nitrogens with zero attached hydrogens (tertiary/aromatic N) is 6. The van der Waals surface area contributed by atoms with Gasteiger partial charge in [0.15, 0.2) is 17.1 Å². The first-order valence-electron chi connectivity index (χ1n) is 10.1. The molecule has 2 aromatic heterocycles. The molecule has 2 fully saturated rings. The van der Waals surface area contributed by atoms with Crippen molar-refractivity contribution in [2.45, 2.75) is 0 Å². The molecule has 0 spiro atoms. The number of hydrogen-bond acceptors (Lipinski definition) is 8. The highest BCUT2D eigenvalue weighted by atomic mass is 16.5. The van der Waals surface area contributed by atoms with Crippen molar-refractivity contribution >= 4 is 17.4 Å². The summed E-state index contributed by atoms with van der Waals surface area (Å²) in [7, 11) is 4.63. The molecule has 0 radical (unpaired) electrons. The third-order valence-corrected chi connectivity index (χ3v) is 6.18. The van der Waals surface area contributed by atoms with Crippen LogP contribution in [0.25, 0.3) is 5.65 Å². The molecule has 2 saturated heterocycles. The van der Waals surface area contributed by atoms with Crippen LogP contribution in [0.15, 0.2) is 30.6 Å². The van der Waals surface area contributed by atoms with Gasteiger partial charge in [0.05, 0.1) is 26.9 Å². The normalized spacial score (nSPS) is 20.2. The van der Waals surface area contributed by atoms with E-state index in [1.165, 1.54) is 14.2 Å². The monoisotopic (exact) mass is 424 g/mol. The second-order valence-corrected chi connectivity index (χ2v) is 7.84. The molecule has 0 bridgehead atoms. The van der Waals surface area contributed by atoms with Crippen LogP contribution in [0.5, 0.6) is 17.2 Å². The average Bonchev–Trinajstić information content (AvgIpc) is 3.51. The van der Waals surface area contributed by atoms with Crippen LogP contribution in [0.1, 0.15) is 10.4 Å². The summed E-state index contributed by atoms with van der Waals surface area (Å²) in [6, 6.07) is 7.37. The Labute approximate surface area is 179 Å². The minimum absolute atomic E-state index is 0.0530. The summed E-state index contributed by atoms with van der Waals surface area (Å²) in [6.07, 6.45) is 1.60. The van der Waals surface area contributed by atoms with Gasteiger partial charge in [0.1, 0.15) is 12.1 Å². The number of hydrogen-bond donors (Lipinski definition) is 0. The smallest absolute Gasteiger partial charge is 0.257 e. The quantitative estimate of drug-likeness (QED) is 0.606. The molecular formula is C21H24N6O4. The van der Waals surface area contributed by atoms with Crippen molar-refractivity contribution in [3.05, 3.63) is 36.2 Å². The fourth-order valence-electron chi connectivity index (χ4n) is 4.67. The summed E-state index contributed by atoms with van der Waals surface area (Å²) in [5.41, 5.74) is 1.21. The number of rotatable bonds is 5. The molecule has 31 heavy (non-hydrogen) atoms. The topological polar surface area (TPSA) is 94.3 Å². The van der Waals surface area contributed by atoms with Crippen molar-refractivity contribution in [2.75, 3.05) is 52.4 Å². The highest BCUT2D eigenvalue weighted by Gasteiger charge is 2.42. The summed E-state index contributed by atoms with van der Waals surface area (Å²) in [6.45, 7) is 3.12. The number of ether oxygens (including phenoxy) is 3. The van der Waals surface area contributed by atoms with Gasteiger partial charge in [0.2, 0.25) is 5.75 Å². The van der Waals surface area contributed by atoms with Gasteiger partial charge in [-0.25, -0.2) is 0 Å². The molecule has 0 saturated carbocycles. The van der Waals surface area contributed by atoms with Gasteiger partial charge < -0.3 is 24.0 Å². The molecule has 2 atom stereocenters. The molecule has 0 aliphatic carbocycles. The number of amides is 1. The van der Waals surface area contributed by atoms with E-state index in [-0.39, 0.29) is 5.91 Å². The second-order valence-electron chi connectivity index (χ2n) is 7.84. The number of fused-ring (bicyclic) bond motifs is 2. The van der Waals surface area contributed by atoms with Crippen LogP contribution >= 0.6 is 0 Å². The van der Waals surface area contributed by atoms with Crippen molar-refractivity contribution in [1.82, 2.24) is 24.7 Å². The van der Waals surface area contributed by atoms with Crippen molar-refractivity contribution in [3.8, 4) is 17.2 Å². The zero-order valence-electron chi connectivity index (χ0n) is 17.7. The number of anilines is 1. The van der Waals surface area contributed by atoms with E-state index in [1.807, 2.05) is 17.0 Å². The van der Waals surface area contributed by atoms with Crippen LogP contribution in [0.2, 0.25) is 0 Å². The predicted molar refractivity (Wildman–Crippen MR) is 112 cm³/mol. The van der Waals surface area contributed by atoms with E-state index in [4.69, 9.17) is 14.2 Å². The van der Waals surface area contributed by atoms with Crippen molar-refractivity contribution < 1.29 is 19.0 Å². The van der Waals surface area contributed by atoms with Gasteiger partial charge in [-0.15, -0.1) is 15.3 Å². The first-order valence-corrected chi connectivity index (χ1v) is 10.1. The van der Waals surface area contributed by atoms with Gasteiger partial charge in [0.25, 0.3) is 5.91 Å². The molecule has 10 heteroatoms. The average molecular weight is 424 g/mol. The zero-order valence-corrected chi connectivity index (χ0v) is 17.7. The van der Waals surface area contributed by atoms with Crippen LogP contribution < -0.4 is 19.1 Å². The van der Waals surface area contributed by atoms with Crippen LogP contribution in [0.3, 0.4) is 0 Å². The third-order valence-electron chi connectivity index (χ3n) is 6.18. The van der Waals surface area contributed by atoms with E-state index in [0.717, 1.165) is 24.6 Å². The standard InChI is InChI=1S/C21H24N6O4/c1-29-16-5-4-15(19(30-2)20(16)31-3)21(28)26-10-13-8-25(9-14(13)11-26)18-7-6-17-23-22-12-27(17)24-18/h4-7,12-14H,8-11H2,1-3H3. The summed E-state index contributed by atoms with van der Waals surface area (Å²) in [5.74, 6) is 3.00. The SMILES string of the molecule is COc1ccc(C(=O)N2CC3CN(c4ccc5nncn5n4)CC3C2)c(OC)c1OC. The maximum absolute atomic E-state index is 13.3. The number of likely N-dealkylation sites (tertiary alicyclic amines) is 1. The predicted octanol–water partition coefficient (Wildman–Crippen LogP) is 1.36. The first kappa shape index (κ1) is 19.4. The van der Waals surface area contributed by atoms with Crippen molar-refractivity contribution in [2.24, 2.45) is 11.8 Å². The Kier molecular flexibility index (Phi) is 4.76. The molecule has 10 nitrogen and oxygen atoms in total. The molecule has 2 aliphatic heterocycles. The van der Waals surface area contributed by atoms with Crippen molar-refractivity contribution in [3.63, 3.8) is 0 Å². The molecule has 5 rings (SSSR count). The molecule has 2 aliphatic rings. The Hall–Kier alpha value is -3.56. The van der Waals surface area contributed by atoms with Gasteiger partial charge >= 0.3 is 0 Å². The maximum Gasteiger partial charge on any atom is 0.257 e. The molecule has 3 aromatic rings. The van der Waals surface area contributed by atoms with E-state index >= 15 is 0 Å². The zero-order chi connectivity index (χ0) is 21.5. The number of benzene rings is 1. The van der Waals surface area contributed by atoms with Crippen molar-refractivity contribution in [1.29, 1.82) is 0 Å². The number of carbonyl (C=O) groups excluding carboxylic acids is 1. The number of aromatic nitrogens is 4. The van der Waals surface area contributed by atoms with Crippen LogP contribution in [-0.4, -0.2) is 78.1 Å². The number of carbonyl (C=O) groups is 1. The molecule has 2 unspecified atom stereocenters. The highest BCUT2D eigenvalue weighted by molar-refractivity contribution is 5.98. The lowest BCUT2D eigenvalue weighted by Gasteiger charge is -2.23. The third kappa shape index (κ3) is 3.18. The Bertz CT molecular complexity index is 1120. The van der Waals surface area contributed by atoms with Gasteiger partial charge in [-0.3, -0.25) is 4.79 Å². The Morgan fingerprint density at radius 2 is 1.68 bits per heavy atom. The molecule has 1 aromatic carbocycles. The molecule has 0 N–H and O–H groups in total. The fourth-order valence-corrected chi connectivity index (χ4v) is 4.67. The summed E-state index contributed by atoms with van der Waals surface area (Å²) < 4.78 is 17.9. The van der Waals surface area contributed by atoms with Gasteiger partial charge in [-0.1, -0.05) is 0 Å². The lowest BCUT2D eigenvalue weighted by atomic mass is 10.0. The molecule has 4 heterocycles. The highest BCUT2D eigenvalue weighted by Crippen LogP contribution is 2.41. The lowest BCUT2D eigenvalue weighted by Crippen LogP contribution is -2.33. The van der Waals surface area contributed by atoms with E-state index < -0.39 is 0 Å². The number of methoxy groups -OCH3 is 3. The maximum atomic E-state index is 13.3. The van der Waals surface area contributed by atoms with E-state index in [1.54, 1.807) is 30.1 Å². The van der Waals surface area contributed by atoms with Gasteiger partial charge in [0, 0.05) is 38.0 Å². The minimum atomic E-state index is -0.0530. The largest absolute Gasteiger partial charge is 0.493 e. The van der Waals surface area contributed by atoms with E-state index in [2.05, 4.69) is 20.2 Å². The Balaban J connectivity index is 1.32. The molecule has 162 valence electrons. The molecular weight excluding hydrogens is 400 g/mol. The van der Waals surface area contributed by atoms with Crippen LogP contribution in [0, 0.1) is 11.8 Å². The Morgan fingerprint density at radius 3 is 2.35 bits per heavy atom. The second kappa shape index (κ2) is 7.60. The van der Waals surface area contributed by atoms with Crippen LogP contribution in [0.4, 0.5) is 5.82 Å². The van der Waals surface area contributed by atoms with Crippen LogP contribution in [-0.2, 0) is 0 Å². The van der Waals surface area contributed by atoms with E-state index in [9.17, 15) is 4.79 Å². The van der Waals surface area contributed by atoms with E-state index in [0.29, 0.717) is 47.7 Å². The summed E-state index contributed by atoms with van der Waals surface area (Å²) >= 11 is 0. The van der Waals surface area contributed by atoms with Gasteiger partial charge in [-0.2, -0.15) is 4.52 Å².